The second-order valence-electron chi connectivity index (χ2n) is 1.18. The van der Waals surface area contributed by atoms with Crippen LogP contribution >= 0.6 is 12.4 Å². The molecule has 1 heterocycles. The quantitative estimate of drug-likeness (QED) is 0.575. The van der Waals surface area contributed by atoms with E-state index in [1.54, 1.807) is 0 Å². The van der Waals surface area contributed by atoms with E-state index in [0.29, 0.717) is 0 Å². The van der Waals surface area contributed by atoms with E-state index in [9.17, 15) is 4.79 Å². The van der Waals surface area contributed by atoms with Crippen molar-refractivity contribution in [3.63, 3.8) is 0 Å². The Balaban J connectivity index is 0.00000225. The zero-order chi connectivity index (χ0) is 12.3. The van der Waals surface area contributed by atoms with Crippen LogP contribution in [0.4, 0.5) is 0 Å². The van der Waals surface area contributed by atoms with E-state index in [-0.39, 0.29) is 12.4 Å². The fourth-order valence-electron chi connectivity index (χ4n) is 0.326. The Hall–Kier alpha value is -0.280. The average Bonchev–Trinajstić information content (AvgIpc) is 2.09. The SMILES string of the molecule is Cl.[2H]C1([2H])NC([2H])(C(=O)O)C([2H])([2H])C1([2H])[2H]. The highest BCUT2D eigenvalue weighted by atomic mass is 35.5. The number of carboxylic acids is 1. The van der Waals surface area contributed by atoms with Gasteiger partial charge in [-0.1, -0.05) is 0 Å². The molecule has 1 unspecified atom stereocenters. The molecule has 1 aliphatic rings. The Bertz CT molecular complexity index is 322. The summed E-state index contributed by atoms with van der Waals surface area (Å²) >= 11 is 0. The topological polar surface area (TPSA) is 49.3 Å². The summed E-state index contributed by atoms with van der Waals surface area (Å²) in [4.78, 5) is 10.7. The summed E-state index contributed by atoms with van der Waals surface area (Å²) in [7, 11) is 0. The molecule has 0 aromatic heterocycles. The van der Waals surface area contributed by atoms with Gasteiger partial charge in [0.05, 0.1) is 1.37 Å². The summed E-state index contributed by atoms with van der Waals surface area (Å²) in [6.07, 6.45) is -6.30. The van der Waals surface area contributed by atoms with Gasteiger partial charge in [-0.15, -0.1) is 12.4 Å². The van der Waals surface area contributed by atoms with Crippen LogP contribution in [-0.4, -0.2) is 23.6 Å². The minimum absolute atomic E-state index is 0. The lowest BCUT2D eigenvalue weighted by Crippen LogP contribution is -2.29. The fraction of sp³-hybridized carbons (Fsp3) is 0.800. The Morgan fingerprint density at radius 3 is 2.89 bits per heavy atom. The second kappa shape index (κ2) is 3.69. The number of carbonyl (C=O) groups is 1. The fourth-order valence-corrected chi connectivity index (χ4v) is 0.326. The highest BCUT2D eigenvalue weighted by Crippen LogP contribution is 2.03. The molecular weight excluding hydrogens is 142 g/mol. The second-order valence-corrected chi connectivity index (χ2v) is 1.18. The third-order valence-electron chi connectivity index (χ3n) is 0.651. The largest absolute Gasteiger partial charge is 0.480 e. The molecule has 0 amide bonds. The van der Waals surface area contributed by atoms with E-state index >= 15 is 0 Å². The molecular formula is C5H10ClNO2. The molecule has 1 fully saturated rings. The number of nitrogens with one attached hydrogen (secondary N) is 1. The number of halogens is 1. The molecule has 1 rings (SSSR count). The van der Waals surface area contributed by atoms with E-state index in [1.165, 1.54) is 5.32 Å². The van der Waals surface area contributed by atoms with Gasteiger partial charge in [-0.25, -0.2) is 0 Å². The molecule has 0 aromatic carbocycles. The summed E-state index contributed by atoms with van der Waals surface area (Å²) in [6.45, 7) is -2.92. The number of hydrogen-bond acceptors (Lipinski definition) is 2. The number of carboxylic acid groups (broad SMARTS) is 1. The highest BCUT2D eigenvalue weighted by Gasteiger charge is 2.20. The molecule has 0 spiro atoms. The molecule has 1 atom stereocenters. The lowest BCUT2D eigenvalue weighted by atomic mass is 10.2. The van der Waals surface area contributed by atoms with Crippen LogP contribution in [0, 0.1) is 0 Å². The number of aliphatic carboxylic acids is 1. The highest BCUT2D eigenvalue weighted by molar-refractivity contribution is 5.85. The summed E-state index contributed by atoms with van der Waals surface area (Å²) in [5.74, 6) is -1.96. The van der Waals surface area contributed by atoms with E-state index in [2.05, 4.69) is 0 Å². The first kappa shape index (κ1) is 2.40. The van der Waals surface area contributed by atoms with E-state index in [1.807, 2.05) is 0 Å². The Morgan fingerprint density at radius 1 is 2.00 bits per heavy atom. The average molecular weight is 159 g/mol. The minimum Gasteiger partial charge on any atom is -0.480 e. The molecule has 0 saturated carbocycles. The van der Waals surface area contributed by atoms with Gasteiger partial charge in [-0.2, -0.15) is 0 Å². The first-order chi connectivity index (χ1) is 6.40. The summed E-state index contributed by atoms with van der Waals surface area (Å²) in [6, 6.07) is -3.04. The Labute approximate surface area is 69.7 Å². The first-order valence-corrected chi connectivity index (χ1v) is 1.93. The van der Waals surface area contributed by atoms with Crippen molar-refractivity contribution in [3.8, 4) is 0 Å². The molecule has 54 valence electrons. The van der Waals surface area contributed by atoms with Crippen molar-refractivity contribution in [1.82, 2.24) is 5.32 Å². The van der Waals surface area contributed by atoms with Crippen LogP contribution in [-0.2, 0) is 4.79 Å². The van der Waals surface area contributed by atoms with Gasteiger partial charge in [-0.3, -0.25) is 4.79 Å². The maximum atomic E-state index is 10.7. The van der Waals surface area contributed by atoms with Crippen LogP contribution in [0.1, 0.15) is 22.3 Å². The van der Waals surface area contributed by atoms with Gasteiger partial charge >= 0.3 is 5.97 Å². The molecule has 3 nitrogen and oxygen atoms in total. The Morgan fingerprint density at radius 2 is 2.67 bits per heavy atom. The van der Waals surface area contributed by atoms with Crippen molar-refractivity contribution in [3.05, 3.63) is 0 Å². The first-order valence-electron chi connectivity index (χ1n) is 5.43. The smallest absolute Gasteiger partial charge is 0.320 e. The van der Waals surface area contributed by atoms with Crippen LogP contribution in [0.5, 0.6) is 0 Å². The van der Waals surface area contributed by atoms with E-state index < -0.39 is 31.2 Å². The maximum Gasteiger partial charge on any atom is 0.320 e. The number of hydrogen-bond donors (Lipinski definition) is 2. The van der Waals surface area contributed by atoms with Crippen LogP contribution < -0.4 is 5.32 Å². The molecule has 2 N–H and O–H groups in total. The molecule has 9 heavy (non-hydrogen) atoms. The molecule has 0 bridgehead atoms. The maximum absolute atomic E-state index is 10.7. The van der Waals surface area contributed by atoms with Crippen molar-refractivity contribution in [1.29, 1.82) is 0 Å². The summed E-state index contributed by atoms with van der Waals surface area (Å²) in [5, 5.41) is 10.2. The monoisotopic (exact) mass is 158 g/mol. The third-order valence-corrected chi connectivity index (χ3v) is 0.651. The predicted molar refractivity (Wildman–Crippen MR) is 35.9 cm³/mol. The molecule has 4 heteroatoms. The van der Waals surface area contributed by atoms with Gasteiger partial charge in [0.2, 0.25) is 0 Å². The van der Waals surface area contributed by atoms with Gasteiger partial charge in [0.25, 0.3) is 0 Å². The van der Waals surface area contributed by atoms with E-state index in [4.69, 9.17) is 14.7 Å². The summed E-state index contributed by atoms with van der Waals surface area (Å²) < 4.78 is 50.5. The Kier molecular flexibility index (Phi) is 0.983. The number of rotatable bonds is 1. The predicted octanol–water partition coefficient (Wildman–Crippen LogP) is 0.245. The normalized spacial score (nSPS) is 61.6. The van der Waals surface area contributed by atoms with Crippen molar-refractivity contribution in [2.24, 2.45) is 0 Å². The van der Waals surface area contributed by atoms with Gasteiger partial charge in [0.1, 0.15) is 6.02 Å². The van der Waals surface area contributed by atoms with Crippen molar-refractivity contribution >= 4 is 18.4 Å². The van der Waals surface area contributed by atoms with Crippen molar-refractivity contribution in [2.45, 2.75) is 18.8 Å². The molecule has 0 aromatic rings. The van der Waals surface area contributed by atoms with Gasteiger partial charge in [0.15, 0.2) is 0 Å². The molecule has 1 aliphatic heterocycles. The minimum atomic E-state index is -3.19. The van der Waals surface area contributed by atoms with Crippen LogP contribution in [0.15, 0.2) is 0 Å². The lowest BCUT2D eigenvalue weighted by Gasteiger charge is -1.99. The molecule has 0 aliphatic carbocycles. The van der Waals surface area contributed by atoms with E-state index in [0.717, 1.165) is 0 Å². The van der Waals surface area contributed by atoms with Crippen LogP contribution in [0.25, 0.3) is 0 Å². The van der Waals surface area contributed by atoms with Crippen molar-refractivity contribution < 1.29 is 19.5 Å². The van der Waals surface area contributed by atoms with Crippen molar-refractivity contribution in [2.75, 3.05) is 6.50 Å². The van der Waals surface area contributed by atoms with Gasteiger partial charge < -0.3 is 10.4 Å². The van der Waals surface area contributed by atoms with Gasteiger partial charge in [-0.05, 0) is 19.2 Å². The standard InChI is InChI=1S/C5H9NO2.ClH/c7-5(8)4-2-1-3-6-4;/h4,6H,1-3H2,(H,7,8);1H/i1D2,2D2,3D2,4D;. The molecule has 0 radical (unpaired) electrons. The van der Waals surface area contributed by atoms with Crippen LogP contribution in [0.2, 0.25) is 0 Å². The zero-order valence-corrected chi connectivity index (χ0v) is 5.08. The summed E-state index contributed by atoms with van der Waals surface area (Å²) in [5.41, 5.74) is 0. The molecule has 1 saturated heterocycles. The zero-order valence-electron chi connectivity index (χ0n) is 11.3. The van der Waals surface area contributed by atoms with Gasteiger partial charge in [0, 0.05) is 8.22 Å². The third kappa shape index (κ3) is 2.20. The van der Waals surface area contributed by atoms with Crippen LogP contribution in [0.3, 0.4) is 0 Å². The lowest BCUT2D eigenvalue weighted by molar-refractivity contribution is -0.139.